The molecule has 1 saturated heterocycles. The quantitative estimate of drug-likeness (QED) is 0.462. The number of hydrogen-bond donors (Lipinski definition) is 0. The van der Waals surface area contributed by atoms with Crippen LogP contribution in [0.25, 0.3) is 0 Å². The third kappa shape index (κ3) is 1.30. The summed E-state index contributed by atoms with van der Waals surface area (Å²) in [4.78, 5) is 3.87. The summed E-state index contributed by atoms with van der Waals surface area (Å²) in [7, 11) is 1.78. The molecule has 0 aromatic heterocycles. The molecule has 0 aromatic rings. The first kappa shape index (κ1) is 5.76. The SMILES string of the molecule is CN=CC1CCCO1. The van der Waals surface area contributed by atoms with Gasteiger partial charge in [-0.1, -0.05) is 0 Å². The molecular weight excluding hydrogens is 102 g/mol. The molecule has 0 radical (unpaired) electrons. The van der Waals surface area contributed by atoms with E-state index in [1.807, 2.05) is 6.21 Å². The molecule has 1 heterocycles. The second kappa shape index (κ2) is 2.82. The van der Waals surface area contributed by atoms with E-state index >= 15 is 0 Å². The van der Waals surface area contributed by atoms with Gasteiger partial charge in [0.15, 0.2) is 0 Å². The van der Waals surface area contributed by atoms with Crippen molar-refractivity contribution < 1.29 is 4.74 Å². The van der Waals surface area contributed by atoms with Crippen molar-refractivity contribution in [3.8, 4) is 0 Å². The Morgan fingerprint density at radius 2 is 2.62 bits per heavy atom. The van der Waals surface area contributed by atoms with E-state index in [9.17, 15) is 0 Å². The standard InChI is InChI=1S/C6H11NO/c1-7-5-6-3-2-4-8-6/h5-6H,2-4H2,1H3. The van der Waals surface area contributed by atoms with Crippen LogP contribution < -0.4 is 0 Å². The van der Waals surface area contributed by atoms with Gasteiger partial charge in [-0.15, -0.1) is 0 Å². The highest BCUT2D eigenvalue weighted by Gasteiger charge is 2.11. The lowest BCUT2D eigenvalue weighted by molar-refractivity contribution is 0.162. The van der Waals surface area contributed by atoms with Gasteiger partial charge in [-0.05, 0) is 12.8 Å². The molecule has 1 aliphatic heterocycles. The summed E-state index contributed by atoms with van der Waals surface area (Å²) < 4.78 is 5.24. The Balaban J connectivity index is 2.24. The predicted molar refractivity (Wildman–Crippen MR) is 33.4 cm³/mol. The van der Waals surface area contributed by atoms with Crippen molar-refractivity contribution in [2.45, 2.75) is 18.9 Å². The summed E-state index contributed by atoms with van der Waals surface area (Å²) in [5.41, 5.74) is 0. The van der Waals surface area contributed by atoms with Crippen molar-refractivity contribution in [3.63, 3.8) is 0 Å². The number of hydrogen-bond acceptors (Lipinski definition) is 2. The Morgan fingerprint density at radius 1 is 1.75 bits per heavy atom. The molecule has 0 bridgehead atoms. The van der Waals surface area contributed by atoms with Crippen LogP contribution >= 0.6 is 0 Å². The molecule has 0 spiro atoms. The largest absolute Gasteiger partial charge is 0.373 e. The maximum absolute atomic E-state index is 5.24. The molecular formula is C6H11NO. The first-order chi connectivity index (χ1) is 3.93. The molecule has 0 saturated carbocycles. The van der Waals surface area contributed by atoms with Crippen LogP contribution in [-0.4, -0.2) is 26.0 Å². The number of ether oxygens (including phenoxy) is 1. The average molecular weight is 113 g/mol. The van der Waals surface area contributed by atoms with Gasteiger partial charge in [-0.3, -0.25) is 4.99 Å². The summed E-state index contributed by atoms with van der Waals surface area (Å²) in [6, 6.07) is 0. The predicted octanol–water partition coefficient (Wildman–Crippen LogP) is 0.866. The Hall–Kier alpha value is -0.370. The highest BCUT2D eigenvalue weighted by atomic mass is 16.5. The maximum Gasteiger partial charge on any atom is 0.0922 e. The molecule has 0 aliphatic carbocycles. The molecule has 1 unspecified atom stereocenters. The fourth-order valence-corrected chi connectivity index (χ4v) is 0.886. The summed E-state index contributed by atoms with van der Waals surface area (Å²) in [5, 5.41) is 0. The van der Waals surface area contributed by atoms with E-state index in [1.54, 1.807) is 7.05 Å². The molecule has 1 aliphatic rings. The molecule has 2 heteroatoms. The second-order valence-corrected chi connectivity index (χ2v) is 1.96. The lowest BCUT2D eigenvalue weighted by Gasteiger charge is -1.97. The molecule has 0 aromatic carbocycles. The summed E-state index contributed by atoms with van der Waals surface area (Å²) in [5.74, 6) is 0. The van der Waals surface area contributed by atoms with Gasteiger partial charge in [0.25, 0.3) is 0 Å². The molecule has 1 fully saturated rings. The highest BCUT2D eigenvalue weighted by molar-refractivity contribution is 5.63. The van der Waals surface area contributed by atoms with E-state index in [0.29, 0.717) is 6.10 Å². The van der Waals surface area contributed by atoms with Gasteiger partial charge in [0.2, 0.25) is 0 Å². The average Bonchev–Trinajstić information content (AvgIpc) is 2.19. The van der Waals surface area contributed by atoms with Crippen LogP contribution in [-0.2, 0) is 4.74 Å². The highest BCUT2D eigenvalue weighted by Crippen LogP contribution is 2.08. The van der Waals surface area contributed by atoms with Gasteiger partial charge in [0, 0.05) is 19.9 Å². The van der Waals surface area contributed by atoms with Crippen LogP contribution in [0.1, 0.15) is 12.8 Å². The van der Waals surface area contributed by atoms with Gasteiger partial charge in [0.1, 0.15) is 0 Å². The fraction of sp³-hybridized carbons (Fsp3) is 0.833. The smallest absolute Gasteiger partial charge is 0.0922 e. The van der Waals surface area contributed by atoms with Gasteiger partial charge in [-0.2, -0.15) is 0 Å². The third-order valence-corrected chi connectivity index (χ3v) is 1.28. The van der Waals surface area contributed by atoms with Crippen LogP contribution in [0, 0.1) is 0 Å². The third-order valence-electron chi connectivity index (χ3n) is 1.28. The topological polar surface area (TPSA) is 21.6 Å². The minimum absolute atomic E-state index is 0.319. The van der Waals surface area contributed by atoms with Crippen molar-refractivity contribution in [2.24, 2.45) is 4.99 Å². The second-order valence-electron chi connectivity index (χ2n) is 1.96. The fourth-order valence-electron chi connectivity index (χ4n) is 0.886. The van der Waals surface area contributed by atoms with E-state index in [1.165, 1.54) is 6.42 Å². The monoisotopic (exact) mass is 113 g/mol. The van der Waals surface area contributed by atoms with Crippen LogP contribution in [0.4, 0.5) is 0 Å². The lowest BCUT2D eigenvalue weighted by atomic mass is 10.3. The lowest BCUT2D eigenvalue weighted by Crippen LogP contribution is -2.04. The zero-order chi connectivity index (χ0) is 5.82. The Morgan fingerprint density at radius 3 is 3.12 bits per heavy atom. The Labute approximate surface area is 49.6 Å². The molecule has 1 atom stereocenters. The number of aliphatic imine (C=N–C) groups is 1. The zero-order valence-corrected chi connectivity index (χ0v) is 5.13. The number of rotatable bonds is 1. The van der Waals surface area contributed by atoms with Crippen molar-refractivity contribution in [3.05, 3.63) is 0 Å². The van der Waals surface area contributed by atoms with Crippen LogP contribution in [0.5, 0.6) is 0 Å². The molecule has 46 valence electrons. The van der Waals surface area contributed by atoms with E-state index in [2.05, 4.69) is 4.99 Å². The van der Waals surface area contributed by atoms with E-state index < -0.39 is 0 Å². The summed E-state index contributed by atoms with van der Waals surface area (Å²) >= 11 is 0. The van der Waals surface area contributed by atoms with Crippen LogP contribution in [0.15, 0.2) is 4.99 Å². The van der Waals surface area contributed by atoms with Crippen molar-refractivity contribution >= 4 is 6.21 Å². The van der Waals surface area contributed by atoms with Crippen molar-refractivity contribution in [1.82, 2.24) is 0 Å². The Kier molecular flexibility index (Phi) is 2.03. The van der Waals surface area contributed by atoms with Gasteiger partial charge in [0.05, 0.1) is 6.10 Å². The maximum atomic E-state index is 5.24. The van der Waals surface area contributed by atoms with Crippen LogP contribution in [0.3, 0.4) is 0 Å². The van der Waals surface area contributed by atoms with Gasteiger partial charge >= 0.3 is 0 Å². The molecule has 2 nitrogen and oxygen atoms in total. The molecule has 8 heavy (non-hydrogen) atoms. The number of nitrogens with zero attached hydrogens (tertiary/aromatic N) is 1. The van der Waals surface area contributed by atoms with E-state index in [4.69, 9.17) is 4.74 Å². The molecule has 0 amide bonds. The normalized spacial score (nSPS) is 29.9. The van der Waals surface area contributed by atoms with Gasteiger partial charge < -0.3 is 4.74 Å². The van der Waals surface area contributed by atoms with E-state index in [0.717, 1.165) is 13.0 Å². The first-order valence-electron chi connectivity index (χ1n) is 2.97. The summed E-state index contributed by atoms with van der Waals surface area (Å²) in [6.07, 6.45) is 4.53. The van der Waals surface area contributed by atoms with Crippen molar-refractivity contribution in [1.29, 1.82) is 0 Å². The Bertz CT molecular complexity index is 84.5. The van der Waals surface area contributed by atoms with Crippen LogP contribution in [0.2, 0.25) is 0 Å². The minimum atomic E-state index is 0.319. The van der Waals surface area contributed by atoms with Crippen molar-refractivity contribution in [2.75, 3.05) is 13.7 Å². The first-order valence-corrected chi connectivity index (χ1v) is 2.97. The van der Waals surface area contributed by atoms with E-state index in [-0.39, 0.29) is 0 Å². The van der Waals surface area contributed by atoms with Gasteiger partial charge in [-0.25, -0.2) is 0 Å². The molecule has 1 rings (SSSR count). The minimum Gasteiger partial charge on any atom is -0.373 e. The molecule has 0 N–H and O–H groups in total. The zero-order valence-electron chi connectivity index (χ0n) is 5.13. The summed E-state index contributed by atoms with van der Waals surface area (Å²) in [6.45, 7) is 0.913.